The number of amides is 13. The van der Waals surface area contributed by atoms with Crippen LogP contribution in [0.3, 0.4) is 0 Å². The lowest BCUT2D eigenvalue weighted by atomic mass is 9.90. The Labute approximate surface area is 693 Å². The van der Waals surface area contributed by atoms with E-state index in [0.717, 1.165) is 82.4 Å². The molecule has 1 aliphatic heterocycles. The van der Waals surface area contributed by atoms with Gasteiger partial charge in [0.05, 0.1) is 61.0 Å². The van der Waals surface area contributed by atoms with Crippen LogP contribution in [0.4, 0.5) is 4.39 Å². The number of aliphatic hydroxyl groups is 3. The molecule has 0 saturated heterocycles. The molecule has 1 aliphatic rings. The zero-order valence-corrected chi connectivity index (χ0v) is 68.0. The molecular weight excluding hydrogens is 1580 g/mol. The number of rotatable bonds is 48. The van der Waals surface area contributed by atoms with Crippen LogP contribution in [-0.4, -0.2) is 240 Å². The third kappa shape index (κ3) is 28.5. The molecule has 0 fully saturated rings. The number of carboxylic acids is 1. The van der Waals surface area contributed by atoms with Gasteiger partial charge in [0.1, 0.15) is 59.4 Å². The van der Waals surface area contributed by atoms with Crippen LogP contribution >= 0.6 is 11.8 Å². The number of azide groups is 1. The van der Waals surface area contributed by atoms with Crippen molar-refractivity contribution in [3.63, 3.8) is 0 Å². The number of aromatic amines is 1. The number of carboxylic acid groups (broad SMARTS) is 1. The van der Waals surface area contributed by atoms with E-state index < -0.39 is 181 Å². The lowest BCUT2D eigenvalue weighted by Gasteiger charge is -2.34. The number of aliphatic carboxylic acids is 1. The predicted octanol–water partition coefficient (Wildman–Crippen LogP) is 0.258. The number of benzene rings is 5. The van der Waals surface area contributed by atoms with Crippen molar-refractivity contribution >= 4 is 94.5 Å². The summed E-state index contributed by atoms with van der Waals surface area (Å²) in [5.74, 6) is -15.7. The third-order valence-corrected chi connectivity index (χ3v) is 20.1. The van der Waals surface area contributed by atoms with Gasteiger partial charge in [-0.1, -0.05) is 107 Å². The van der Waals surface area contributed by atoms with Gasteiger partial charge in [-0.3, -0.25) is 72.0 Å². The second-order valence-corrected chi connectivity index (χ2v) is 30.0. The summed E-state index contributed by atoms with van der Waals surface area (Å²) < 4.78 is 21.5. The number of nitrogens with two attached hydrogens (primary N) is 1. The van der Waals surface area contributed by atoms with Crippen LogP contribution in [0.1, 0.15) is 125 Å². The summed E-state index contributed by atoms with van der Waals surface area (Å²) in [6.45, 7) is 9.03. The summed E-state index contributed by atoms with van der Waals surface area (Å²) >= 11 is 0.843. The molecule has 10 atom stereocenters. The number of aryl methyl sites for hydroxylation is 5. The standard InChI is InChI=1S/C80H100FN19O19S/c1-8-50-35-53(119-29-12-11-26-86-97-83)23-25-54(50)51-21-19-48(20-22-51)34-59(72(111)88-58(70(82)109)17-13-14-49-31-44(3)30-45(4)32-49)89-73(112)61(37-67(107)108)90-74(113)62(40-101)91-75(114)68(46(5)102)93-79(118)80(7,38-52-15-9-10-16-57(52)81)94-76(115)69(47(6)103)92-64(104)39-85-71(110)60(36-63-95-98-99-96-63)87-66(106)42-120-41-65(105)84-27-28-100-77(116)55-24-18-43(2)33-56(55)78(100)117/h9-10,15-16,18-25,30-33,35,46-47,58-62,68-69,101-103H,8,11-14,17,26-29,34,36-42H2,1-7H3,(H2,82,109)(H,84,105)(H,85,110)(H,87,106)(H,88,111)(H,89,112)(H,90,113)(H,91,114)(H,92,104)(H,93,118)(H,94,115)(H,107,108)(H,95,96,98,99)/t46?,47?,58-,59-,60-,61-,62-,68-,69-,80-/m0/s1. The van der Waals surface area contributed by atoms with Crippen LogP contribution in [-0.2, 0) is 89.6 Å². The Morgan fingerprint density at radius 1 is 0.658 bits per heavy atom. The van der Waals surface area contributed by atoms with Gasteiger partial charge in [0.25, 0.3) is 11.8 Å². The van der Waals surface area contributed by atoms with Crippen molar-refractivity contribution in [3.8, 4) is 16.9 Å². The van der Waals surface area contributed by atoms with E-state index in [2.05, 4.69) is 83.8 Å². The Balaban J connectivity index is 1.00. The Kier molecular flexibility index (Phi) is 36.0. The van der Waals surface area contributed by atoms with E-state index in [1.54, 1.807) is 49.4 Å². The first-order valence-corrected chi connectivity index (χ1v) is 39.7. The second-order valence-electron chi connectivity index (χ2n) is 29.0. The number of carbonyl (C=O) groups excluding carboxylic acids is 13. The maximum absolute atomic E-state index is 15.6. The average Bonchev–Trinajstić information content (AvgIpc) is 1.64. The number of ether oxygens (including phenoxy) is 1. The summed E-state index contributed by atoms with van der Waals surface area (Å²) in [6, 6.07) is 15.6. The van der Waals surface area contributed by atoms with Gasteiger partial charge in [-0.05, 0) is 149 Å². The van der Waals surface area contributed by atoms with Gasteiger partial charge < -0.3 is 84.1 Å². The van der Waals surface area contributed by atoms with E-state index in [4.69, 9.17) is 16.0 Å². The molecule has 6 aromatic rings. The van der Waals surface area contributed by atoms with Crippen molar-refractivity contribution < 1.29 is 96.7 Å². The van der Waals surface area contributed by atoms with E-state index in [9.17, 15) is 87.5 Å². The van der Waals surface area contributed by atoms with E-state index >= 15 is 4.39 Å². The van der Waals surface area contributed by atoms with Crippen molar-refractivity contribution in [1.82, 2.24) is 78.7 Å². The van der Waals surface area contributed by atoms with E-state index in [0.29, 0.717) is 56.6 Å². The molecule has 642 valence electrons. The molecule has 0 aliphatic carbocycles. The van der Waals surface area contributed by atoms with Crippen molar-refractivity contribution in [3.05, 3.63) is 175 Å². The number of aromatic nitrogens is 4. The molecule has 0 bridgehead atoms. The number of fused-ring (bicyclic) bond motifs is 1. The minimum Gasteiger partial charge on any atom is -0.494 e. The van der Waals surface area contributed by atoms with Gasteiger partial charge in [-0.2, -0.15) is 5.21 Å². The van der Waals surface area contributed by atoms with Gasteiger partial charge in [-0.15, -0.1) is 22.0 Å². The Morgan fingerprint density at radius 2 is 1.29 bits per heavy atom. The molecule has 40 heteroatoms. The van der Waals surface area contributed by atoms with Crippen molar-refractivity contribution in [1.29, 1.82) is 0 Å². The molecule has 1 aromatic heterocycles. The number of thioether (sulfide) groups is 1. The highest BCUT2D eigenvalue weighted by Gasteiger charge is 2.43. The first kappa shape index (κ1) is 94.4. The number of unbranched alkanes of at least 4 members (excludes halogenated alkanes) is 1. The number of nitrogens with one attached hydrogen (secondary N) is 11. The average molecular weight is 1680 g/mol. The van der Waals surface area contributed by atoms with Crippen LogP contribution in [0.15, 0.2) is 108 Å². The predicted molar refractivity (Wildman–Crippen MR) is 432 cm³/mol. The molecule has 7 rings (SSSR count). The van der Waals surface area contributed by atoms with Crippen LogP contribution in [0.25, 0.3) is 21.6 Å². The smallest absolute Gasteiger partial charge is 0.305 e. The number of aliphatic hydroxyl groups excluding tert-OH is 3. The Bertz CT molecular complexity index is 4720. The molecule has 0 spiro atoms. The summed E-state index contributed by atoms with van der Waals surface area (Å²) in [4.78, 5) is 195. The number of hydrogen-bond acceptors (Lipinski definition) is 23. The van der Waals surface area contributed by atoms with E-state index in [1.165, 1.54) is 18.2 Å². The fourth-order valence-corrected chi connectivity index (χ4v) is 13.6. The summed E-state index contributed by atoms with van der Waals surface area (Å²) in [7, 11) is 0. The zero-order chi connectivity index (χ0) is 87.9. The Hall–Kier alpha value is -12.8. The number of tetrazole rings is 1. The molecule has 2 unspecified atom stereocenters. The third-order valence-electron chi connectivity index (χ3n) is 19.1. The summed E-state index contributed by atoms with van der Waals surface area (Å²) in [5.41, 5.74) is 19.1. The van der Waals surface area contributed by atoms with E-state index in [-0.39, 0.29) is 60.0 Å². The minimum absolute atomic E-state index is 0.0611. The molecule has 2 heterocycles. The second kappa shape index (κ2) is 45.8. The number of imide groups is 1. The van der Waals surface area contributed by atoms with Gasteiger partial charge in [0, 0.05) is 43.8 Å². The highest BCUT2D eigenvalue weighted by atomic mass is 32.2. The molecular formula is C80H100FN19O19S. The molecule has 17 N–H and O–H groups in total. The molecule has 0 radical (unpaired) electrons. The molecule has 120 heavy (non-hydrogen) atoms. The molecule has 13 amide bonds. The van der Waals surface area contributed by atoms with Crippen molar-refractivity contribution in [2.24, 2.45) is 10.8 Å². The van der Waals surface area contributed by atoms with Gasteiger partial charge in [0.15, 0.2) is 5.82 Å². The van der Waals surface area contributed by atoms with Gasteiger partial charge >= 0.3 is 5.97 Å². The zero-order valence-electron chi connectivity index (χ0n) is 67.1. The monoisotopic (exact) mass is 1680 g/mol. The largest absolute Gasteiger partial charge is 0.494 e. The van der Waals surface area contributed by atoms with Crippen LogP contribution in [0.5, 0.6) is 5.75 Å². The molecule has 0 saturated carbocycles. The minimum atomic E-state index is -2.42. The normalized spacial score (nSPS) is 14.3. The van der Waals surface area contributed by atoms with E-state index in [1.807, 2.05) is 57.2 Å². The highest BCUT2D eigenvalue weighted by Crippen LogP contribution is 2.30. The van der Waals surface area contributed by atoms with Crippen molar-refractivity contribution in [2.75, 3.05) is 50.9 Å². The van der Waals surface area contributed by atoms with Crippen LogP contribution in [0, 0.1) is 26.6 Å². The number of primary amides is 1. The maximum Gasteiger partial charge on any atom is 0.305 e. The van der Waals surface area contributed by atoms with Crippen LogP contribution < -0.4 is 63.6 Å². The number of hydrogen-bond donors (Lipinski definition) is 16. The highest BCUT2D eigenvalue weighted by molar-refractivity contribution is 8.00. The van der Waals surface area contributed by atoms with Crippen LogP contribution in [0.2, 0.25) is 0 Å². The first-order chi connectivity index (χ1) is 57.1. The van der Waals surface area contributed by atoms with Gasteiger partial charge in [-0.25, -0.2) is 4.39 Å². The molecule has 38 nitrogen and oxygen atoms in total. The number of nitrogens with zero attached hydrogens (tertiary/aromatic N) is 7. The fraction of sp³-hybridized carbons (Fsp3) is 0.438. The maximum atomic E-state index is 15.6. The summed E-state index contributed by atoms with van der Waals surface area (Å²) in [5, 5.41) is 83.2. The Morgan fingerprint density at radius 3 is 1.94 bits per heavy atom. The number of H-pyrrole nitrogens is 1. The fourth-order valence-electron chi connectivity index (χ4n) is 13.0. The molecule has 5 aromatic carbocycles. The van der Waals surface area contributed by atoms with Gasteiger partial charge in [0.2, 0.25) is 65.0 Å². The topological polar surface area (TPSA) is 582 Å². The lowest BCUT2D eigenvalue weighted by Crippen LogP contribution is -2.67. The SMILES string of the molecule is CCc1cc(OCCCCN=[N+]=[N-])ccc1-c1ccc(C[C@H](NC(=O)[C@H](CC(=O)O)NC(=O)[C@H](CO)NC(=O)[C@@H](NC(=O)[C@](C)(Cc2ccccc2F)NC(=O)[C@@H](NC(=O)CNC(=O)[C@H](Cc2nn[nH]n2)NC(=O)CSCC(=O)NCCN2C(=O)c3ccc(C)cc3C2=O)C(C)O)C(C)O)C(=O)N[C@@H](CCCc2cc(C)cc(C)c2)C(N)=O)cc1. The number of carbonyl (C=O) groups is 14. The number of halogens is 1. The lowest BCUT2D eigenvalue weighted by molar-refractivity contribution is -0.142. The van der Waals surface area contributed by atoms with Crippen molar-refractivity contribution in [2.45, 2.75) is 173 Å². The summed E-state index contributed by atoms with van der Waals surface area (Å²) in [6.07, 6.45) is -3.46. The first-order valence-electron chi connectivity index (χ1n) is 38.5. The quantitative estimate of drug-likeness (QED) is 0.00801.